The van der Waals surface area contributed by atoms with E-state index in [1.807, 2.05) is 6.20 Å². The summed E-state index contributed by atoms with van der Waals surface area (Å²) in [5, 5.41) is 14.6. The summed E-state index contributed by atoms with van der Waals surface area (Å²) in [6, 6.07) is 92.0. The van der Waals surface area contributed by atoms with Gasteiger partial charge in [0.25, 0.3) is 0 Å². The van der Waals surface area contributed by atoms with Crippen molar-refractivity contribution in [2.75, 3.05) is 9.80 Å². The van der Waals surface area contributed by atoms with Gasteiger partial charge in [-0.1, -0.05) is 206 Å². The monoisotopic (exact) mass is 891 g/mol. The summed E-state index contributed by atoms with van der Waals surface area (Å²) in [7, 11) is 0. The lowest BCUT2D eigenvalue weighted by molar-refractivity contribution is 1.25. The minimum atomic E-state index is 0.920. The Labute approximate surface area is 407 Å². The van der Waals surface area contributed by atoms with Crippen LogP contribution in [0.4, 0.5) is 34.1 Å². The highest BCUT2D eigenvalue weighted by molar-refractivity contribution is 6.18. The number of rotatable bonds is 9. The van der Waals surface area contributed by atoms with Gasteiger partial charge in [0.15, 0.2) is 0 Å². The molecule has 0 radical (unpaired) electrons. The van der Waals surface area contributed by atoms with E-state index in [2.05, 4.69) is 277 Å². The zero-order valence-electron chi connectivity index (χ0n) is 38.3. The quantitative estimate of drug-likeness (QED) is 0.106. The fourth-order valence-electron chi connectivity index (χ4n) is 10.3. The molecule has 0 aliphatic heterocycles. The van der Waals surface area contributed by atoms with Gasteiger partial charge in [-0.05, 0) is 126 Å². The maximum absolute atomic E-state index is 5.16. The Bertz CT molecular complexity index is 3920. The van der Waals surface area contributed by atoms with Crippen molar-refractivity contribution in [3.05, 3.63) is 272 Å². The van der Waals surface area contributed by atoms with Gasteiger partial charge in [-0.3, -0.25) is 4.98 Å². The Morgan fingerprint density at radius 1 is 0.271 bits per heavy atom. The fourth-order valence-corrected chi connectivity index (χ4v) is 10.3. The van der Waals surface area contributed by atoms with Crippen molar-refractivity contribution in [1.82, 2.24) is 4.98 Å². The van der Waals surface area contributed by atoms with Gasteiger partial charge < -0.3 is 9.80 Å². The molecule has 0 fully saturated rings. The zero-order chi connectivity index (χ0) is 46.4. The molecule has 70 heavy (non-hydrogen) atoms. The predicted molar refractivity (Wildman–Crippen MR) is 299 cm³/mol. The Morgan fingerprint density at radius 2 is 0.671 bits per heavy atom. The van der Waals surface area contributed by atoms with Crippen LogP contribution in [0.2, 0.25) is 0 Å². The molecular formula is C67H45N3. The maximum atomic E-state index is 5.16. The smallest absolute Gasteiger partial charge is 0.0703 e. The van der Waals surface area contributed by atoms with Crippen LogP contribution in [-0.4, -0.2) is 4.98 Å². The van der Waals surface area contributed by atoms with Gasteiger partial charge in [-0.25, -0.2) is 0 Å². The summed E-state index contributed by atoms with van der Waals surface area (Å²) < 4.78 is 0. The molecule has 1 heterocycles. The van der Waals surface area contributed by atoms with Crippen LogP contribution in [0, 0.1) is 0 Å². The van der Waals surface area contributed by atoms with Gasteiger partial charge >= 0.3 is 0 Å². The van der Waals surface area contributed by atoms with Crippen molar-refractivity contribution < 1.29 is 0 Å². The predicted octanol–water partition coefficient (Wildman–Crippen LogP) is 18.8. The van der Waals surface area contributed by atoms with Gasteiger partial charge in [-0.15, -0.1) is 0 Å². The van der Waals surface area contributed by atoms with Gasteiger partial charge in [-0.2, -0.15) is 0 Å². The topological polar surface area (TPSA) is 19.4 Å². The summed E-state index contributed by atoms with van der Waals surface area (Å²) in [4.78, 5) is 9.92. The second kappa shape index (κ2) is 17.4. The molecule has 0 bridgehead atoms. The number of aromatic nitrogens is 1. The summed E-state index contributed by atoms with van der Waals surface area (Å²) in [5.41, 5.74) is 10.8. The molecule has 3 heteroatoms. The highest BCUT2D eigenvalue weighted by Crippen LogP contribution is 2.46. The summed E-state index contributed by atoms with van der Waals surface area (Å²) >= 11 is 0. The standard InChI is InChI=1S/C67H45N3/c1-3-15-51-41-56(37-33-48(51)13-1)69(57-38-34-49-14-2-4-16-52(49)42-57)55-35-29-47(30-36-55)26-25-46-27-31-50(32-28-46)65-40-39-58(45-68-65)70(66-43-53-17-5-7-19-59(53)61-21-9-11-23-63(61)66)67-44-54-18-6-8-20-60(54)62-22-10-12-24-64(62)67/h1-45H/b26-25+. The van der Waals surface area contributed by atoms with Crippen molar-refractivity contribution in [3.8, 4) is 11.3 Å². The van der Waals surface area contributed by atoms with E-state index < -0.39 is 0 Å². The van der Waals surface area contributed by atoms with Crippen LogP contribution >= 0.6 is 0 Å². The number of hydrogen-bond acceptors (Lipinski definition) is 3. The number of benzene rings is 12. The molecule has 0 N–H and O–H groups in total. The first kappa shape index (κ1) is 40.9. The normalized spacial score (nSPS) is 11.7. The summed E-state index contributed by atoms with van der Waals surface area (Å²) in [5.74, 6) is 0. The number of hydrogen-bond donors (Lipinski definition) is 0. The van der Waals surface area contributed by atoms with Crippen molar-refractivity contribution >= 4 is 111 Å². The molecule has 12 aromatic carbocycles. The van der Waals surface area contributed by atoms with Crippen molar-refractivity contribution in [3.63, 3.8) is 0 Å². The van der Waals surface area contributed by atoms with Crippen LogP contribution in [0.1, 0.15) is 11.1 Å². The molecule has 0 saturated carbocycles. The largest absolute Gasteiger partial charge is 0.310 e. The maximum Gasteiger partial charge on any atom is 0.0703 e. The second-order valence-corrected chi connectivity index (χ2v) is 18.0. The Hall–Kier alpha value is -9.31. The first-order chi connectivity index (χ1) is 34.7. The highest BCUT2D eigenvalue weighted by atomic mass is 15.2. The minimum absolute atomic E-state index is 0.920. The van der Waals surface area contributed by atoms with E-state index >= 15 is 0 Å². The SMILES string of the molecule is C(=C\c1ccc(N(c2ccc3ccccc3c2)c2ccc3ccccc3c2)cc1)/c1ccc(-c2ccc(N(c3cc4ccccc4c4ccccc34)c3cc4ccccc4c4ccccc34)cn2)cc1. The molecule has 1 aromatic heterocycles. The molecule has 0 spiro atoms. The van der Waals surface area contributed by atoms with E-state index in [-0.39, 0.29) is 0 Å². The molecule has 328 valence electrons. The molecule has 0 unspecified atom stereocenters. The van der Waals surface area contributed by atoms with E-state index in [4.69, 9.17) is 4.98 Å². The van der Waals surface area contributed by atoms with E-state index in [1.165, 1.54) is 64.6 Å². The average Bonchev–Trinajstić information content (AvgIpc) is 3.43. The zero-order valence-corrected chi connectivity index (χ0v) is 38.3. The Balaban J connectivity index is 0.810. The van der Waals surface area contributed by atoms with E-state index in [1.54, 1.807) is 0 Å². The fraction of sp³-hybridized carbons (Fsp3) is 0. The third-order valence-electron chi connectivity index (χ3n) is 13.8. The van der Waals surface area contributed by atoms with Crippen LogP contribution in [0.25, 0.3) is 88.0 Å². The number of anilines is 6. The van der Waals surface area contributed by atoms with Crippen molar-refractivity contribution in [2.45, 2.75) is 0 Å². The first-order valence-corrected chi connectivity index (χ1v) is 23.9. The minimum Gasteiger partial charge on any atom is -0.310 e. The Kier molecular flexibility index (Phi) is 10.2. The molecule has 0 amide bonds. The van der Waals surface area contributed by atoms with Crippen LogP contribution in [0.3, 0.4) is 0 Å². The lowest BCUT2D eigenvalue weighted by Gasteiger charge is -2.29. The van der Waals surface area contributed by atoms with Gasteiger partial charge in [0.1, 0.15) is 0 Å². The van der Waals surface area contributed by atoms with Crippen LogP contribution in [0.5, 0.6) is 0 Å². The van der Waals surface area contributed by atoms with Gasteiger partial charge in [0.05, 0.1) is 29.0 Å². The lowest BCUT2D eigenvalue weighted by Crippen LogP contribution is -2.12. The van der Waals surface area contributed by atoms with Crippen molar-refractivity contribution in [1.29, 1.82) is 0 Å². The molecule has 0 atom stereocenters. The van der Waals surface area contributed by atoms with Crippen LogP contribution < -0.4 is 9.80 Å². The van der Waals surface area contributed by atoms with E-state index in [9.17, 15) is 0 Å². The average molecular weight is 892 g/mol. The first-order valence-electron chi connectivity index (χ1n) is 23.9. The lowest BCUT2D eigenvalue weighted by atomic mass is 9.96. The molecule has 13 rings (SSSR count). The van der Waals surface area contributed by atoms with E-state index in [0.29, 0.717) is 0 Å². The molecule has 13 aromatic rings. The Morgan fingerprint density at radius 3 is 1.16 bits per heavy atom. The van der Waals surface area contributed by atoms with E-state index in [0.717, 1.165) is 56.5 Å². The molecule has 3 nitrogen and oxygen atoms in total. The molecule has 0 saturated heterocycles. The van der Waals surface area contributed by atoms with Gasteiger partial charge in [0.2, 0.25) is 0 Å². The van der Waals surface area contributed by atoms with Crippen LogP contribution in [-0.2, 0) is 0 Å². The second-order valence-electron chi connectivity index (χ2n) is 18.0. The summed E-state index contributed by atoms with van der Waals surface area (Å²) in [6.45, 7) is 0. The molecular weight excluding hydrogens is 847 g/mol. The molecule has 0 aliphatic carbocycles. The third kappa shape index (κ3) is 7.47. The number of pyridine rings is 1. The number of fused-ring (bicyclic) bond motifs is 8. The van der Waals surface area contributed by atoms with Crippen LogP contribution in [0.15, 0.2) is 261 Å². The van der Waals surface area contributed by atoms with Crippen molar-refractivity contribution in [2.24, 2.45) is 0 Å². The highest BCUT2D eigenvalue weighted by Gasteiger charge is 2.21. The molecule has 0 aliphatic rings. The van der Waals surface area contributed by atoms with Gasteiger partial charge in [0, 0.05) is 33.4 Å². The summed E-state index contributed by atoms with van der Waals surface area (Å²) in [6.07, 6.45) is 6.39. The third-order valence-corrected chi connectivity index (χ3v) is 13.8. The number of nitrogens with zero attached hydrogens (tertiary/aromatic N) is 3.